The van der Waals surface area contributed by atoms with Crippen LogP contribution in [0.1, 0.15) is 17.2 Å². The van der Waals surface area contributed by atoms with E-state index in [1.54, 1.807) is 36.4 Å². The maximum absolute atomic E-state index is 11.6. The summed E-state index contributed by atoms with van der Waals surface area (Å²) in [5.74, 6) is 0.221. The first kappa shape index (κ1) is 20.7. The molecule has 150 valence electrons. The fraction of sp³-hybridized carbons (Fsp3) is 0.174. The Morgan fingerprint density at radius 3 is 2.17 bits per heavy atom. The van der Waals surface area contributed by atoms with Crippen LogP contribution in [0.15, 0.2) is 72.8 Å². The number of phenols is 1. The van der Waals surface area contributed by atoms with Crippen molar-refractivity contribution >= 4 is 17.7 Å². The van der Waals surface area contributed by atoms with Crippen molar-refractivity contribution in [3.63, 3.8) is 0 Å². The summed E-state index contributed by atoms with van der Waals surface area (Å²) in [6.45, 7) is 0.243. The predicted octanol–water partition coefficient (Wildman–Crippen LogP) is 4.97. The van der Waals surface area contributed by atoms with Crippen LogP contribution in [-0.4, -0.2) is 39.4 Å². The number of nitrogens with zero attached hydrogens (tertiary/aromatic N) is 1. The number of halogens is 1. The van der Waals surface area contributed by atoms with Crippen molar-refractivity contribution in [3.05, 3.63) is 88.9 Å². The number of benzene rings is 3. The van der Waals surface area contributed by atoms with E-state index in [-0.39, 0.29) is 18.8 Å². The second-order valence-electron chi connectivity index (χ2n) is 6.79. The van der Waals surface area contributed by atoms with Gasteiger partial charge >= 0.3 is 6.09 Å². The number of aliphatic hydroxyl groups excluding tert-OH is 1. The monoisotopic (exact) mass is 411 g/mol. The maximum Gasteiger partial charge on any atom is 0.407 e. The minimum atomic E-state index is -1.08. The lowest BCUT2D eigenvalue weighted by molar-refractivity contribution is 0.0973. The van der Waals surface area contributed by atoms with Crippen molar-refractivity contribution in [3.8, 4) is 16.9 Å². The summed E-state index contributed by atoms with van der Waals surface area (Å²) in [4.78, 5) is 12.8. The highest BCUT2D eigenvalue weighted by Crippen LogP contribution is 2.23. The molecule has 0 aliphatic carbocycles. The SMILES string of the molecule is O=C(O)N(CCc1ccc(-c2ccc(O)cc2)cc1)CC(O)c1cccc(Cl)c1. The normalized spacial score (nSPS) is 11.8. The molecule has 0 aliphatic rings. The van der Waals surface area contributed by atoms with E-state index >= 15 is 0 Å². The number of carbonyl (C=O) groups is 1. The first-order valence-corrected chi connectivity index (χ1v) is 9.60. The maximum atomic E-state index is 11.6. The van der Waals surface area contributed by atoms with Crippen LogP contribution in [-0.2, 0) is 6.42 Å². The van der Waals surface area contributed by atoms with E-state index in [1.165, 1.54) is 4.90 Å². The lowest BCUT2D eigenvalue weighted by Gasteiger charge is -2.23. The quantitative estimate of drug-likeness (QED) is 0.512. The van der Waals surface area contributed by atoms with Gasteiger partial charge in [0.1, 0.15) is 5.75 Å². The van der Waals surface area contributed by atoms with Crippen LogP contribution in [0.25, 0.3) is 11.1 Å². The van der Waals surface area contributed by atoms with Gasteiger partial charge < -0.3 is 20.2 Å². The number of aliphatic hydroxyl groups is 1. The fourth-order valence-electron chi connectivity index (χ4n) is 3.07. The van der Waals surface area contributed by atoms with E-state index in [1.807, 2.05) is 36.4 Å². The second-order valence-corrected chi connectivity index (χ2v) is 7.23. The Bertz CT molecular complexity index is 957. The molecule has 0 fully saturated rings. The van der Waals surface area contributed by atoms with Gasteiger partial charge in [-0.05, 0) is 52.9 Å². The Kier molecular flexibility index (Phi) is 6.75. The first-order valence-electron chi connectivity index (χ1n) is 9.22. The molecule has 1 unspecified atom stereocenters. The van der Waals surface area contributed by atoms with Crippen molar-refractivity contribution < 1.29 is 20.1 Å². The molecule has 0 aromatic heterocycles. The van der Waals surface area contributed by atoms with Gasteiger partial charge in [-0.25, -0.2) is 4.79 Å². The average molecular weight is 412 g/mol. The zero-order valence-corrected chi connectivity index (χ0v) is 16.5. The van der Waals surface area contributed by atoms with Gasteiger partial charge in [-0.3, -0.25) is 0 Å². The molecule has 29 heavy (non-hydrogen) atoms. The Hall–Kier alpha value is -3.02. The third-order valence-corrected chi connectivity index (χ3v) is 4.96. The molecular formula is C23H22ClNO4. The van der Waals surface area contributed by atoms with E-state index in [0.29, 0.717) is 17.0 Å². The van der Waals surface area contributed by atoms with Crippen LogP contribution >= 0.6 is 11.6 Å². The van der Waals surface area contributed by atoms with E-state index in [0.717, 1.165) is 16.7 Å². The van der Waals surface area contributed by atoms with Crippen LogP contribution in [0.5, 0.6) is 5.75 Å². The lowest BCUT2D eigenvalue weighted by Crippen LogP contribution is -2.35. The molecule has 0 spiro atoms. The van der Waals surface area contributed by atoms with Crippen molar-refractivity contribution in [2.24, 2.45) is 0 Å². The third-order valence-electron chi connectivity index (χ3n) is 4.72. The standard InChI is InChI=1S/C23H22ClNO4/c24-20-3-1-2-19(14-20)22(27)15-25(23(28)29)13-12-16-4-6-17(7-5-16)18-8-10-21(26)11-9-18/h1-11,14,22,26-27H,12-13,15H2,(H,28,29). The van der Waals surface area contributed by atoms with E-state index in [9.17, 15) is 20.1 Å². The Labute approximate surface area is 174 Å². The van der Waals surface area contributed by atoms with E-state index in [2.05, 4.69) is 0 Å². The molecular weight excluding hydrogens is 390 g/mol. The Morgan fingerprint density at radius 1 is 0.966 bits per heavy atom. The molecule has 3 aromatic carbocycles. The van der Waals surface area contributed by atoms with Gasteiger partial charge in [0.2, 0.25) is 0 Å². The van der Waals surface area contributed by atoms with Crippen molar-refractivity contribution in [2.45, 2.75) is 12.5 Å². The van der Waals surface area contributed by atoms with Gasteiger partial charge in [0.15, 0.2) is 0 Å². The largest absolute Gasteiger partial charge is 0.508 e. The Morgan fingerprint density at radius 2 is 1.59 bits per heavy atom. The highest BCUT2D eigenvalue weighted by atomic mass is 35.5. The zero-order valence-electron chi connectivity index (χ0n) is 15.7. The number of carboxylic acid groups (broad SMARTS) is 1. The number of phenolic OH excluding ortho intramolecular Hbond substituents is 1. The third kappa shape index (κ3) is 5.73. The molecule has 5 nitrogen and oxygen atoms in total. The topological polar surface area (TPSA) is 81.0 Å². The summed E-state index contributed by atoms with van der Waals surface area (Å²) < 4.78 is 0. The number of aromatic hydroxyl groups is 1. The molecule has 0 saturated heterocycles. The van der Waals surface area contributed by atoms with Gasteiger partial charge in [0, 0.05) is 11.6 Å². The molecule has 0 bridgehead atoms. The highest BCUT2D eigenvalue weighted by molar-refractivity contribution is 6.30. The molecule has 0 heterocycles. The van der Waals surface area contributed by atoms with Crippen molar-refractivity contribution in [1.82, 2.24) is 4.90 Å². The molecule has 0 radical (unpaired) electrons. The number of hydrogen-bond acceptors (Lipinski definition) is 3. The summed E-state index contributed by atoms with van der Waals surface area (Å²) in [6.07, 6.45) is -1.49. The number of hydrogen-bond donors (Lipinski definition) is 3. The van der Waals surface area contributed by atoms with Crippen LogP contribution in [0.2, 0.25) is 5.02 Å². The van der Waals surface area contributed by atoms with Crippen LogP contribution in [0, 0.1) is 0 Å². The fourth-order valence-corrected chi connectivity index (χ4v) is 3.27. The summed E-state index contributed by atoms with van der Waals surface area (Å²) in [6, 6.07) is 21.6. The average Bonchev–Trinajstić information content (AvgIpc) is 2.72. The molecule has 3 rings (SSSR count). The first-order chi connectivity index (χ1) is 13.9. The van der Waals surface area contributed by atoms with E-state index in [4.69, 9.17) is 11.6 Å². The zero-order chi connectivity index (χ0) is 20.8. The summed E-state index contributed by atoms with van der Waals surface area (Å²) >= 11 is 5.94. The predicted molar refractivity (Wildman–Crippen MR) is 113 cm³/mol. The van der Waals surface area contributed by atoms with Gasteiger partial charge in [-0.1, -0.05) is 60.1 Å². The molecule has 1 amide bonds. The minimum Gasteiger partial charge on any atom is -0.508 e. The van der Waals surface area contributed by atoms with Gasteiger partial charge in [-0.2, -0.15) is 0 Å². The summed E-state index contributed by atoms with van der Waals surface area (Å²) in [5.41, 5.74) is 3.59. The van der Waals surface area contributed by atoms with Gasteiger partial charge in [0.05, 0.1) is 12.6 Å². The molecule has 6 heteroatoms. The molecule has 3 aromatic rings. The van der Waals surface area contributed by atoms with Crippen LogP contribution < -0.4 is 0 Å². The smallest absolute Gasteiger partial charge is 0.407 e. The molecule has 1 atom stereocenters. The lowest BCUT2D eigenvalue weighted by atomic mass is 10.0. The van der Waals surface area contributed by atoms with Crippen molar-refractivity contribution in [2.75, 3.05) is 13.1 Å². The highest BCUT2D eigenvalue weighted by Gasteiger charge is 2.18. The summed E-state index contributed by atoms with van der Waals surface area (Å²) in [7, 11) is 0. The van der Waals surface area contributed by atoms with Crippen LogP contribution in [0.4, 0.5) is 4.79 Å². The van der Waals surface area contributed by atoms with E-state index < -0.39 is 12.2 Å². The van der Waals surface area contributed by atoms with Crippen LogP contribution in [0.3, 0.4) is 0 Å². The Balaban J connectivity index is 1.61. The van der Waals surface area contributed by atoms with Gasteiger partial charge in [0.25, 0.3) is 0 Å². The molecule has 0 aliphatic heterocycles. The second kappa shape index (κ2) is 9.45. The molecule has 0 saturated carbocycles. The summed E-state index contributed by atoms with van der Waals surface area (Å²) in [5, 5.41) is 29.7. The number of rotatable bonds is 7. The number of amides is 1. The minimum absolute atomic E-state index is 0.0265. The van der Waals surface area contributed by atoms with Gasteiger partial charge in [-0.15, -0.1) is 0 Å². The van der Waals surface area contributed by atoms with Crippen molar-refractivity contribution in [1.29, 1.82) is 0 Å². The molecule has 3 N–H and O–H groups in total.